The molecular formula is C12H17NOS. The molecule has 1 atom stereocenters. The third-order valence-electron chi connectivity index (χ3n) is 2.66. The molecule has 1 saturated heterocycles. The van der Waals surface area contributed by atoms with Crippen LogP contribution in [0.3, 0.4) is 0 Å². The predicted molar refractivity (Wildman–Crippen MR) is 65.3 cm³/mol. The first kappa shape index (κ1) is 10.8. The minimum Gasteiger partial charge on any atom is -0.399 e. The van der Waals surface area contributed by atoms with E-state index in [0.717, 1.165) is 24.5 Å². The topological polar surface area (TPSA) is 35.2 Å². The molecule has 1 aliphatic heterocycles. The number of aryl methyl sites for hydroxylation is 1. The van der Waals surface area contributed by atoms with Crippen molar-refractivity contribution in [3.05, 3.63) is 23.8 Å². The normalized spacial score (nSPS) is 21.5. The minimum absolute atomic E-state index is 0.613. The fourth-order valence-electron chi connectivity index (χ4n) is 1.72. The molecule has 2 N–H and O–H groups in total. The van der Waals surface area contributed by atoms with Gasteiger partial charge in [-0.2, -0.15) is 0 Å². The molecule has 15 heavy (non-hydrogen) atoms. The molecular weight excluding hydrogens is 206 g/mol. The van der Waals surface area contributed by atoms with E-state index in [2.05, 4.69) is 19.1 Å². The van der Waals surface area contributed by atoms with Gasteiger partial charge in [-0.1, -0.05) is 0 Å². The van der Waals surface area contributed by atoms with Crippen LogP contribution in [0.25, 0.3) is 0 Å². The van der Waals surface area contributed by atoms with Gasteiger partial charge < -0.3 is 10.5 Å². The van der Waals surface area contributed by atoms with Crippen molar-refractivity contribution in [1.29, 1.82) is 0 Å². The summed E-state index contributed by atoms with van der Waals surface area (Å²) in [4.78, 5) is 1.30. The first-order valence-corrected chi connectivity index (χ1v) is 6.24. The van der Waals surface area contributed by atoms with Gasteiger partial charge in [0.15, 0.2) is 0 Å². The van der Waals surface area contributed by atoms with Crippen LogP contribution in [0, 0.1) is 6.92 Å². The highest BCUT2D eigenvalue weighted by Crippen LogP contribution is 2.30. The van der Waals surface area contributed by atoms with E-state index in [9.17, 15) is 0 Å². The molecule has 0 amide bonds. The van der Waals surface area contributed by atoms with Crippen molar-refractivity contribution in [3.8, 4) is 0 Å². The zero-order chi connectivity index (χ0) is 10.7. The first-order valence-electron chi connectivity index (χ1n) is 5.36. The molecule has 0 radical (unpaired) electrons. The minimum atomic E-state index is 0.613. The molecule has 0 spiro atoms. The Hall–Kier alpha value is -0.670. The maximum Gasteiger partial charge on any atom is 0.0588 e. The summed E-state index contributed by atoms with van der Waals surface area (Å²) in [6.07, 6.45) is 2.44. The van der Waals surface area contributed by atoms with Gasteiger partial charge in [-0.3, -0.25) is 0 Å². The zero-order valence-electron chi connectivity index (χ0n) is 9.03. The van der Waals surface area contributed by atoms with Gasteiger partial charge in [0.05, 0.1) is 6.61 Å². The molecule has 0 aliphatic carbocycles. The summed E-state index contributed by atoms with van der Waals surface area (Å²) in [5, 5.41) is 0.613. The lowest BCUT2D eigenvalue weighted by molar-refractivity contribution is 0.101. The summed E-state index contributed by atoms with van der Waals surface area (Å²) in [6.45, 7) is 3.86. The highest BCUT2D eigenvalue weighted by molar-refractivity contribution is 8.00. The van der Waals surface area contributed by atoms with Gasteiger partial charge >= 0.3 is 0 Å². The number of nitrogens with two attached hydrogens (primary N) is 1. The molecule has 1 aromatic carbocycles. The molecule has 0 aromatic heterocycles. The third-order valence-corrected chi connectivity index (χ3v) is 3.89. The predicted octanol–water partition coefficient (Wildman–Crippen LogP) is 2.85. The van der Waals surface area contributed by atoms with Crippen molar-refractivity contribution in [1.82, 2.24) is 0 Å². The summed E-state index contributed by atoms with van der Waals surface area (Å²) in [7, 11) is 0. The second-order valence-electron chi connectivity index (χ2n) is 3.98. The van der Waals surface area contributed by atoms with Gasteiger partial charge in [-0.25, -0.2) is 0 Å². The van der Waals surface area contributed by atoms with E-state index in [1.54, 1.807) is 0 Å². The number of benzene rings is 1. The smallest absolute Gasteiger partial charge is 0.0588 e. The quantitative estimate of drug-likeness (QED) is 0.783. The Morgan fingerprint density at radius 1 is 1.47 bits per heavy atom. The second-order valence-corrected chi connectivity index (χ2v) is 5.35. The number of rotatable bonds is 2. The molecule has 1 aromatic rings. The summed E-state index contributed by atoms with van der Waals surface area (Å²) in [5.41, 5.74) is 7.83. The Kier molecular flexibility index (Phi) is 3.54. The molecule has 1 heterocycles. The highest BCUT2D eigenvalue weighted by Gasteiger charge is 2.15. The molecule has 1 fully saturated rings. The van der Waals surface area contributed by atoms with Crippen LogP contribution < -0.4 is 5.73 Å². The third kappa shape index (κ3) is 2.89. The molecule has 2 rings (SSSR count). The van der Waals surface area contributed by atoms with Crippen molar-refractivity contribution in [2.24, 2.45) is 0 Å². The second kappa shape index (κ2) is 4.90. The number of hydrogen-bond acceptors (Lipinski definition) is 3. The lowest BCUT2D eigenvalue weighted by atomic mass is 10.2. The summed E-state index contributed by atoms with van der Waals surface area (Å²) < 4.78 is 5.46. The fraction of sp³-hybridized carbons (Fsp3) is 0.500. The van der Waals surface area contributed by atoms with E-state index < -0.39 is 0 Å². The summed E-state index contributed by atoms with van der Waals surface area (Å²) in [5.74, 6) is 0. The maximum absolute atomic E-state index is 5.79. The van der Waals surface area contributed by atoms with Gasteiger partial charge in [0.25, 0.3) is 0 Å². The number of nitrogen functional groups attached to an aromatic ring is 1. The SMILES string of the molecule is Cc1cc(SC2CCCOC2)ccc1N. The van der Waals surface area contributed by atoms with Crippen molar-refractivity contribution in [2.45, 2.75) is 29.9 Å². The molecule has 82 valence electrons. The van der Waals surface area contributed by atoms with Crippen LogP contribution >= 0.6 is 11.8 Å². The number of hydrogen-bond donors (Lipinski definition) is 1. The van der Waals surface area contributed by atoms with E-state index in [0.29, 0.717) is 5.25 Å². The largest absolute Gasteiger partial charge is 0.399 e. The molecule has 0 bridgehead atoms. The Balaban J connectivity index is 2.00. The molecule has 1 unspecified atom stereocenters. The van der Waals surface area contributed by atoms with Crippen LogP contribution in [0.4, 0.5) is 5.69 Å². The zero-order valence-corrected chi connectivity index (χ0v) is 9.85. The van der Waals surface area contributed by atoms with E-state index in [1.165, 1.54) is 17.7 Å². The Morgan fingerprint density at radius 2 is 2.33 bits per heavy atom. The average molecular weight is 223 g/mol. The summed E-state index contributed by atoms with van der Waals surface area (Å²) >= 11 is 1.91. The molecule has 3 heteroatoms. The number of ether oxygens (including phenoxy) is 1. The van der Waals surface area contributed by atoms with Crippen LogP contribution in [0.1, 0.15) is 18.4 Å². The van der Waals surface area contributed by atoms with Crippen molar-refractivity contribution in [2.75, 3.05) is 18.9 Å². The first-order chi connectivity index (χ1) is 7.25. The van der Waals surface area contributed by atoms with Crippen molar-refractivity contribution in [3.63, 3.8) is 0 Å². The van der Waals surface area contributed by atoms with E-state index in [4.69, 9.17) is 10.5 Å². The van der Waals surface area contributed by atoms with Crippen LogP contribution in [0.2, 0.25) is 0 Å². The highest BCUT2D eigenvalue weighted by atomic mass is 32.2. The molecule has 2 nitrogen and oxygen atoms in total. The average Bonchev–Trinajstić information content (AvgIpc) is 2.25. The lowest BCUT2D eigenvalue weighted by Gasteiger charge is -2.21. The maximum atomic E-state index is 5.79. The van der Waals surface area contributed by atoms with Gasteiger partial charge in [0, 0.05) is 22.4 Å². The number of thioether (sulfide) groups is 1. The fourth-order valence-corrected chi connectivity index (χ4v) is 2.94. The van der Waals surface area contributed by atoms with Crippen LogP contribution in [-0.4, -0.2) is 18.5 Å². The van der Waals surface area contributed by atoms with Crippen molar-refractivity contribution < 1.29 is 4.74 Å². The van der Waals surface area contributed by atoms with E-state index in [1.807, 2.05) is 17.8 Å². The van der Waals surface area contributed by atoms with Gasteiger partial charge in [-0.05, 0) is 43.5 Å². The van der Waals surface area contributed by atoms with E-state index in [-0.39, 0.29) is 0 Å². The Morgan fingerprint density at radius 3 is 3.00 bits per heavy atom. The van der Waals surface area contributed by atoms with Crippen LogP contribution in [0.5, 0.6) is 0 Å². The van der Waals surface area contributed by atoms with Gasteiger partial charge in [-0.15, -0.1) is 11.8 Å². The Labute approximate surface area is 95.2 Å². The Bertz CT molecular complexity index is 334. The van der Waals surface area contributed by atoms with Crippen LogP contribution in [0.15, 0.2) is 23.1 Å². The lowest BCUT2D eigenvalue weighted by Crippen LogP contribution is -2.19. The van der Waals surface area contributed by atoms with Crippen molar-refractivity contribution >= 4 is 17.4 Å². The van der Waals surface area contributed by atoms with Crippen LogP contribution in [-0.2, 0) is 4.74 Å². The molecule has 0 saturated carbocycles. The van der Waals surface area contributed by atoms with Gasteiger partial charge in [0.1, 0.15) is 0 Å². The molecule has 1 aliphatic rings. The number of anilines is 1. The van der Waals surface area contributed by atoms with E-state index >= 15 is 0 Å². The van der Waals surface area contributed by atoms with Gasteiger partial charge in [0.2, 0.25) is 0 Å². The summed E-state index contributed by atoms with van der Waals surface area (Å²) in [6, 6.07) is 6.25. The standard InChI is InChI=1S/C12H17NOS/c1-9-7-10(4-5-12(9)13)15-11-3-2-6-14-8-11/h4-5,7,11H,2-3,6,8,13H2,1H3. The monoisotopic (exact) mass is 223 g/mol.